The Hall–Kier alpha value is -2.67. The van der Waals surface area contributed by atoms with Crippen LogP contribution in [-0.2, 0) is 11.2 Å². The Labute approximate surface area is 142 Å². The van der Waals surface area contributed by atoms with Gasteiger partial charge in [-0.25, -0.2) is 4.98 Å². The molecule has 1 saturated heterocycles. The molecule has 0 radical (unpaired) electrons. The van der Waals surface area contributed by atoms with Crippen molar-refractivity contribution in [1.82, 2.24) is 14.9 Å². The van der Waals surface area contributed by atoms with Gasteiger partial charge in [0.05, 0.1) is 11.7 Å². The number of carbonyl (C=O) groups excluding carboxylic acids is 2. The molecule has 2 aromatic rings. The maximum absolute atomic E-state index is 12.4. The van der Waals surface area contributed by atoms with Crippen molar-refractivity contribution in [2.24, 2.45) is 11.1 Å². The third-order valence-corrected chi connectivity index (χ3v) is 4.45. The number of carbonyl (C=O) groups is 2. The Kier molecular flexibility index (Phi) is 4.11. The minimum Gasteiger partial charge on any atom is -0.369 e. The fourth-order valence-corrected chi connectivity index (χ4v) is 2.97. The quantitative estimate of drug-likeness (QED) is 0.844. The summed E-state index contributed by atoms with van der Waals surface area (Å²) < 4.78 is 0. The summed E-state index contributed by atoms with van der Waals surface area (Å²) in [6, 6.07) is 7.12. The van der Waals surface area contributed by atoms with Crippen LogP contribution in [0.3, 0.4) is 0 Å². The number of likely N-dealkylation sites (tertiary alicyclic amines) is 1. The molecule has 1 aliphatic heterocycles. The summed E-state index contributed by atoms with van der Waals surface area (Å²) in [6.45, 7) is 0.330. The highest BCUT2D eigenvalue weighted by Gasteiger charge is 2.50. The number of H-pyrrole nitrogens is 1. The summed E-state index contributed by atoms with van der Waals surface area (Å²) in [4.78, 5) is 43.5. The number of nitrogens with zero attached hydrogens (tertiary/aromatic N) is 2. The van der Waals surface area contributed by atoms with E-state index in [1.165, 1.54) is 17.4 Å². The zero-order chi connectivity index (χ0) is 17.3. The molecule has 2 amide bonds. The van der Waals surface area contributed by atoms with Gasteiger partial charge < -0.3 is 15.6 Å². The molecule has 3 N–H and O–H groups in total. The summed E-state index contributed by atoms with van der Waals surface area (Å²) in [5, 5.41) is 0.605. The van der Waals surface area contributed by atoms with E-state index in [4.69, 9.17) is 17.3 Å². The molecule has 1 aromatic heterocycles. The van der Waals surface area contributed by atoms with Gasteiger partial charge in [-0.3, -0.25) is 14.4 Å². The predicted molar refractivity (Wildman–Crippen MR) is 87.5 cm³/mol. The van der Waals surface area contributed by atoms with Crippen LogP contribution in [0.25, 0.3) is 0 Å². The van der Waals surface area contributed by atoms with Crippen molar-refractivity contribution in [2.75, 3.05) is 13.1 Å². The molecule has 0 bridgehead atoms. The summed E-state index contributed by atoms with van der Waals surface area (Å²) in [5.74, 6) is -0.932. The van der Waals surface area contributed by atoms with Gasteiger partial charge in [-0.15, -0.1) is 0 Å². The van der Waals surface area contributed by atoms with E-state index in [9.17, 15) is 14.4 Å². The first-order valence-electron chi connectivity index (χ1n) is 7.28. The standard InChI is InChI=1S/C16H15ClN4O3/c17-11-3-1-10(2-4-11)5-16(15(18)24)7-21(8-16)14(23)12-6-19-9-20-13(12)22/h1-4,6,9H,5,7-8H2,(H2,18,24)(H,19,20,22). The maximum Gasteiger partial charge on any atom is 0.263 e. The lowest BCUT2D eigenvalue weighted by Crippen LogP contribution is -2.65. The van der Waals surface area contributed by atoms with Crippen LogP contribution in [0, 0.1) is 5.41 Å². The van der Waals surface area contributed by atoms with Gasteiger partial charge >= 0.3 is 0 Å². The number of primary amides is 1. The molecule has 3 rings (SSSR count). The second-order valence-electron chi connectivity index (χ2n) is 5.90. The summed E-state index contributed by atoms with van der Waals surface area (Å²) >= 11 is 5.86. The highest BCUT2D eigenvalue weighted by Crippen LogP contribution is 2.35. The van der Waals surface area contributed by atoms with Crippen LogP contribution >= 0.6 is 11.6 Å². The lowest BCUT2D eigenvalue weighted by Gasteiger charge is -2.48. The van der Waals surface area contributed by atoms with Gasteiger partial charge in [-0.2, -0.15) is 0 Å². The van der Waals surface area contributed by atoms with Crippen molar-refractivity contribution in [3.8, 4) is 0 Å². The number of nitrogens with two attached hydrogens (primary N) is 1. The molecule has 7 nitrogen and oxygen atoms in total. The number of hydrogen-bond acceptors (Lipinski definition) is 4. The molecular formula is C16H15ClN4O3. The van der Waals surface area contributed by atoms with Crippen molar-refractivity contribution in [3.63, 3.8) is 0 Å². The van der Waals surface area contributed by atoms with Crippen molar-refractivity contribution < 1.29 is 9.59 Å². The van der Waals surface area contributed by atoms with E-state index >= 15 is 0 Å². The third kappa shape index (κ3) is 2.90. The van der Waals surface area contributed by atoms with E-state index in [-0.39, 0.29) is 18.7 Å². The van der Waals surface area contributed by atoms with E-state index in [1.807, 2.05) is 12.1 Å². The van der Waals surface area contributed by atoms with Gasteiger partial charge in [0.15, 0.2) is 0 Å². The lowest BCUT2D eigenvalue weighted by molar-refractivity contribution is -0.135. The Morgan fingerprint density at radius 2 is 1.96 bits per heavy atom. The largest absolute Gasteiger partial charge is 0.369 e. The van der Waals surface area contributed by atoms with Gasteiger partial charge in [-0.05, 0) is 24.1 Å². The zero-order valence-electron chi connectivity index (χ0n) is 12.7. The predicted octanol–water partition coefficient (Wildman–Crippen LogP) is 0.593. The molecule has 0 atom stereocenters. The van der Waals surface area contributed by atoms with Gasteiger partial charge in [0.25, 0.3) is 11.5 Å². The van der Waals surface area contributed by atoms with Crippen LogP contribution < -0.4 is 11.3 Å². The minimum atomic E-state index is -0.835. The Bertz CT molecular complexity index is 841. The molecule has 1 fully saturated rings. The molecule has 0 unspecified atom stereocenters. The normalized spacial score (nSPS) is 15.6. The van der Waals surface area contributed by atoms with Gasteiger partial charge in [0.1, 0.15) is 5.56 Å². The number of halogens is 1. The van der Waals surface area contributed by atoms with Crippen LogP contribution in [-0.4, -0.2) is 39.8 Å². The van der Waals surface area contributed by atoms with Crippen molar-refractivity contribution in [3.05, 3.63) is 63.3 Å². The van der Waals surface area contributed by atoms with Crippen molar-refractivity contribution in [1.29, 1.82) is 0 Å². The van der Waals surface area contributed by atoms with Crippen LogP contribution in [0.5, 0.6) is 0 Å². The van der Waals surface area contributed by atoms with E-state index < -0.39 is 22.8 Å². The molecule has 2 heterocycles. The highest BCUT2D eigenvalue weighted by atomic mass is 35.5. The third-order valence-electron chi connectivity index (χ3n) is 4.20. The first-order chi connectivity index (χ1) is 11.4. The molecule has 0 saturated carbocycles. The number of amides is 2. The Morgan fingerprint density at radius 3 is 2.54 bits per heavy atom. The molecule has 0 spiro atoms. The van der Waals surface area contributed by atoms with Gasteiger partial charge in [-0.1, -0.05) is 23.7 Å². The van der Waals surface area contributed by atoms with Crippen LogP contribution in [0.15, 0.2) is 41.6 Å². The first kappa shape index (κ1) is 16.2. The van der Waals surface area contributed by atoms with Gasteiger partial charge in [0, 0.05) is 24.3 Å². The monoisotopic (exact) mass is 346 g/mol. The van der Waals surface area contributed by atoms with Crippen LogP contribution in [0.2, 0.25) is 5.02 Å². The van der Waals surface area contributed by atoms with E-state index in [0.29, 0.717) is 11.4 Å². The fourth-order valence-electron chi connectivity index (χ4n) is 2.84. The number of nitrogens with one attached hydrogen (secondary N) is 1. The van der Waals surface area contributed by atoms with Crippen molar-refractivity contribution in [2.45, 2.75) is 6.42 Å². The summed E-state index contributed by atoms with van der Waals surface area (Å²) in [7, 11) is 0. The van der Waals surface area contributed by atoms with E-state index in [0.717, 1.165) is 5.56 Å². The van der Waals surface area contributed by atoms with E-state index in [2.05, 4.69) is 9.97 Å². The maximum atomic E-state index is 12.4. The highest BCUT2D eigenvalue weighted by molar-refractivity contribution is 6.30. The molecule has 124 valence electrons. The Morgan fingerprint density at radius 1 is 1.29 bits per heavy atom. The number of benzene rings is 1. The lowest BCUT2D eigenvalue weighted by atomic mass is 9.74. The number of hydrogen-bond donors (Lipinski definition) is 2. The minimum absolute atomic E-state index is 0.0536. The summed E-state index contributed by atoms with van der Waals surface area (Å²) in [5.41, 5.74) is 5.07. The van der Waals surface area contributed by atoms with Crippen LogP contribution in [0.4, 0.5) is 0 Å². The summed E-state index contributed by atoms with van der Waals surface area (Å²) in [6.07, 6.45) is 2.83. The zero-order valence-corrected chi connectivity index (χ0v) is 13.4. The van der Waals surface area contributed by atoms with Gasteiger partial charge in [0.2, 0.25) is 5.91 Å². The topological polar surface area (TPSA) is 109 Å². The second kappa shape index (κ2) is 6.09. The average molecular weight is 347 g/mol. The first-order valence-corrected chi connectivity index (χ1v) is 7.65. The number of aromatic nitrogens is 2. The van der Waals surface area contributed by atoms with Crippen LogP contribution in [0.1, 0.15) is 15.9 Å². The smallest absolute Gasteiger partial charge is 0.263 e. The fraction of sp³-hybridized carbons (Fsp3) is 0.250. The average Bonchev–Trinajstić information content (AvgIpc) is 2.52. The molecule has 24 heavy (non-hydrogen) atoms. The number of aromatic amines is 1. The molecule has 1 aliphatic rings. The SMILES string of the molecule is NC(=O)C1(Cc2ccc(Cl)cc2)CN(C(=O)c2cnc[nH]c2=O)C1. The Balaban J connectivity index is 1.76. The molecule has 8 heteroatoms. The molecular weight excluding hydrogens is 332 g/mol. The molecule has 1 aromatic carbocycles. The number of rotatable bonds is 4. The van der Waals surface area contributed by atoms with Crippen molar-refractivity contribution >= 4 is 23.4 Å². The molecule has 0 aliphatic carbocycles. The van der Waals surface area contributed by atoms with E-state index in [1.54, 1.807) is 12.1 Å². The second-order valence-corrected chi connectivity index (χ2v) is 6.34.